The van der Waals surface area contributed by atoms with Crippen molar-refractivity contribution in [2.75, 3.05) is 5.32 Å². The van der Waals surface area contributed by atoms with Crippen molar-refractivity contribution in [3.05, 3.63) is 41.5 Å². The van der Waals surface area contributed by atoms with Gasteiger partial charge >= 0.3 is 6.18 Å². The van der Waals surface area contributed by atoms with E-state index in [0.717, 1.165) is 11.8 Å². The van der Waals surface area contributed by atoms with Gasteiger partial charge in [-0.2, -0.15) is 18.3 Å². The fourth-order valence-corrected chi connectivity index (χ4v) is 1.43. The summed E-state index contributed by atoms with van der Waals surface area (Å²) in [5, 5.41) is 7.98. The van der Waals surface area contributed by atoms with Gasteiger partial charge in [0, 0.05) is 6.20 Å². The first kappa shape index (κ1) is 12.4. The number of aromatic amines is 1. The zero-order valence-corrected chi connectivity index (χ0v) is 9.54. The summed E-state index contributed by atoms with van der Waals surface area (Å²) in [4.78, 5) is 4.10. The number of halogens is 3. The van der Waals surface area contributed by atoms with Crippen LogP contribution in [0.4, 0.5) is 18.9 Å². The third-order valence-corrected chi connectivity index (χ3v) is 2.36. The van der Waals surface area contributed by atoms with Crippen molar-refractivity contribution < 1.29 is 13.2 Å². The number of rotatable bonds is 3. The first-order chi connectivity index (χ1) is 8.47. The lowest BCUT2D eigenvalue weighted by atomic mass is 10.2. The molecule has 0 radical (unpaired) electrons. The van der Waals surface area contributed by atoms with Crippen molar-refractivity contribution in [1.82, 2.24) is 15.2 Å². The van der Waals surface area contributed by atoms with Gasteiger partial charge in [-0.3, -0.25) is 10.1 Å². The van der Waals surface area contributed by atoms with Crippen LogP contribution in [0.1, 0.15) is 17.0 Å². The minimum absolute atomic E-state index is 0.0788. The first-order valence-corrected chi connectivity index (χ1v) is 5.23. The lowest BCUT2D eigenvalue weighted by molar-refractivity contribution is -0.140. The van der Waals surface area contributed by atoms with Gasteiger partial charge in [0.25, 0.3) is 0 Å². The summed E-state index contributed by atoms with van der Waals surface area (Å²) in [5.41, 5.74) is 0.701. The number of hydrogen-bond donors (Lipinski definition) is 2. The lowest BCUT2D eigenvalue weighted by Crippen LogP contribution is -2.10. The lowest BCUT2D eigenvalue weighted by Gasteiger charge is -2.08. The molecule has 7 heteroatoms. The Balaban J connectivity index is 2.07. The summed E-state index contributed by atoms with van der Waals surface area (Å²) >= 11 is 0. The van der Waals surface area contributed by atoms with Gasteiger partial charge in [-0.25, -0.2) is 0 Å². The van der Waals surface area contributed by atoms with E-state index in [1.54, 1.807) is 12.3 Å². The molecule has 0 amide bonds. The molecule has 0 aliphatic heterocycles. The fraction of sp³-hybridized carbons (Fsp3) is 0.273. The minimum Gasteiger partial charge on any atom is -0.376 e. The SMILES string of the molecule is Cc1ccc(CNc2cn[nH]c2C(F)(F)F)nc1. The number of aromatic nitrogens is 3. The van der Waals surface area contributed by atoms with E-state index in [-0.39, 0.29) is 12.2 Å². The molecule has 0 saturated heterocycles. The van der Waals surface area contributed by atoms with Crippen LogP contribution in [0.5, 0.6) is 0 Å². The molecule has 2 heterocycles. The van der Waals surface area contributed by atoms with Crippen LogP contribution in [0.25, 0.3) is 0 Å². The first-order valence-electron chi connectivity index (χ1n) is 5.23. The summed E-state index contributed by atoms with van der Waals surface area (Å²) in [7, 11) is 0. The molecule has 18 heavy (non-hydrogen) atoms. The molecule has 0 aliphatic carbocycles. The van der Waals surface area contributed by atoms with Gasteiger partial charge in [0.05, 0.1) is 24.1 Å². The predicted octanol–water partition coefficient (Wildman–Crippen LogP) is 2.74. The van der Waals surface area contributed by atoms with Crippen molar-refractivity contribution >= 4 is 5.69 Å². The highest BCUT2D eigenvalue weighted by Crippen LogP contribution is 2.32. The predicted molar refractivity (Wildman–Crippen MR) is 59.9 cm³/mol. The van der Waals surface area contributed by atoms with E-state index < -0.39 is 11.9 Å². The number of nitrogens with zero attached hydrogens (tertiary/aromatic N) is 2. The normalized spacial score (nSPS) is 11.6. The van der Waals surface area contributed by atoms with Crippen LogP contribution in [-0.2, 0) is 12.7 Å². The van der Waals surface area contributed by atoms with Crippen molar-refractivity contribution in [3.63, 3.8) is 0 Å². The summed E-state index contributed by atoms with van der Waals surface area (Å²) in [5.74, 6) is 0. The van der Waals surface area contributed by atoms with E-state index in [4.69, 9.17) is 0 Å². The monoisotopic (exact) mass is 256 g/mol. The second-order valence-corrected chi connectivity index (χ2v) is 3.84. The van der Waals surface area contributed by atoms with Gasteiger partial charge in [0.15, 0.2) is 5.69 Å². The van der Waals surface area contributed by atoms with Crippen LogP contribution in [0, 0.1) is 6.92 Å². The molecule has 0 aromatic carbocycles. The number of nitrogens with one attached hydrogen (secondary N) is 2. The minimum atomic E-state index is -4.44. The molecule has 4 nitrogen and oxygen atoms in total. The van der Waals surface area contributed by atoms with Gasteiger partial charge in [-0.1, -0.05) is 6.07 Å². The Morgan fingerprint density at radius 2 is 2.06 bits per heavy atom. The molecule has 0 spiro atoms. The fourth-order valence-electron chi connectivity index (χ4n) is 1.43. The second-order valence-electron chi connectivity index (χ2n) is 3.84. The Morgan fingerprint density at radius 1 is 1.28 bits per heavy atom. The van der Waals surface area contributed by atoms with Crippen LogP contribution in [0.3, 0.4) is 0 Å². The summed E-state index contributed by atoms with van der Waals surface area (Å²) < 4.78 is 37.6. The Kier molecular flexibility index (Phi) is 3.22. The third-order valence-electron chi connectivity index (χ3n) is 2.36. The Hall–Kier alpha value is -2.05. The molecule has 0 atom stereocenters. The maximum absolute atomic E-state index is 12.5. The van der Waals surface area contributed by atoms with Crippen LogP contribution in [0.2, 0.25) is 0 Å². The molecule has 96 valence electrons. The molecule has 0 unspecified atom stereocenters. The number of alkyl halides is 3. The molecule has 0 aliphatic rings. The topological polar surface area (TPSA) is 53.6 Å². The van der Waals surface area contributed by atoms with E-state index in [1.165, 1.54) is 0 Å². The molecule has 2 N–H and O–H groups in total. The van der Waals surface area contributed by atoms with Crippen LogP contribution in [-0.4, -0.2) is 15.2 Å². The molecular formula is C11H11F3N4. The van der Waals surface area contributed by atoms with Crippen LogP contribution < -0.4 is 5.32 Å². The van der Waals surface area contributed by atoms with Crippen molar-refractivity contribution in [2.45, 2.75) is 19.6 Å². The van der Waals surface area contributed by atoms with Gasteiger partial charge < -0.3 is 5.32 Å². The number of anilines is 1. The smallest absolute Gasteiger partial charge is 0.376 e. The molecular weight excluding hydrogens is 245 g/mol. The summed E-state index contributed by atoms with van der Waals surface area (Å²) in [6, 6.07) is 3.61. The average Bonchev–Trinajstić information content (AvgIpc) is 2.76. The van der Waals surface area contributed by atoms with Crippen molar-refractivity contribution in [2.24, 2.45) is 0 Å². The highest BCUT2D eigenvalue weighted by atomic mass is 19.4. The Labute approximate surface area is 101 Å². The van der Waals surface area contributed by atoms with Gasteiger partial charge in [-0.15, -0.1) is 0 Å². The quantitative estimate of drug-likeness (QED) is 0.887. The highest BCUT2D eigenvalue weighted by Gasteiger charge is 2.35. The summed E-state index contributed by atoms with van der Waals surface area (Å²) in [6.07, 6.45) is -1.67. The molecule has 0 saturated carbocycles. The number of pyridine rings is 1. The molecule has 2 rings (SSSR count). The maximum atomic E-state index is 12.5. The Morgan fingerprint density at radius 3 is 2.67 bits per heavy atom. The van der Waals surface area contributed by atoms with Crippen molar-refractivity contribution in [1.29, 1.82) is 0 Å². The number of aryl methyl sites for hydroxylation is 1. The number of hydrogen-bond acceptors (Lipinski definition) is 3. The zero-order valence-electron chi connectivity index (χ0n) is 9.54. The van der Waals surface area contributed by atoms with Gasteiger partial charge in [0.2, 0.25) is 0 Å². The van der Waals surface area contributed by atoms with E-state index in [0.29, 0.717) is 5.69 Å². The highest BCUT2D eigenvalue weighted by molar-refractivity contribution is 5.47. The van der Waals surface area contributed by atoms with Gasteiger partial charge in [0.1, 0.15) is 0 Å². The van der Waals surface area contributed by atoms with Gasteiger partial charge in [-0.05, 0) is 18.6 Å². The molecule has 0 bridgehead atoms. The molecule has 0 fully saturated rings. The Bertz CT molecular complexity index is 516. The average molecular weight is 256 g/mol. The zero-order chi connectivity index (χ0) is 13.2. The van der Waals surface area contributed by atoms with Crippen LogP contribution in [0.15, 0.2) is 24.5 Å². The standard InChI is InChI=1S/C11H11F3N4/c1-7-2-3-8(15-4-7)5-16-9-6-17-18-10(9)11(12,13)14/h2-4,6,16H,5H2,1H3,(H,17,18). The number of H-pyrrole nitrogens is 1. The second kappa shape index (κ2) is 4.67. The van der Waals surface area contributed by atoms with Crippen molar-refractivity contribution in [3.8, 4) is 0 Å². The van der Waals surface area contributed by atoms with Crippen LogP contribution >= 0.6 is 0 Å². The van der Waals surface area contributed by atoms with E-state index in [9.17, 15) is 13.2 Å². The molecule has 2 aromatic rings. The third kappa shape index (κ3) is 2.79. The largest absolute Gasteiger partial charge is 0.434 e. The molecule has 2 aromatic heterocycles. The van der Waals surface area contributed by atoms with E-state index in [2.05, 4.69) is 15.4 Å². The van der Waals surface area contributed by atoms with E-state index >= 15 is 0 Å². The van der Waals surface area contributed by atoms with E-state index in [1.807, 2.05) is 18.1 Å². The maximum Gasteiger partial charge on any atom is 0.434 e. The summed E-state index contributed by atoms with van der Waals surface area (Å²) in [6.45, 7) is 2.10.